The number of amides is 1. The zero-order chi connectivity index (χ0) is 20.8. The summed E-state index contributed by atoms with van der Waals surface area (Å²) in [5, 5.41) is 6.62. The van der Waals surface area contributed by atoms with Crippen LogP contribution in [0.25, 0.3) is 0 Å². The topological polar surface area (TPSA) is 56.8 Å². The quantitative estimate of drug-likeness (QED) is 0.734. The highest BCUT2D eigenvalue weighted by atomic mass is 32.1. The number of nitrogens with one attached hydrogen (secondary N) is 2. The van der Waals surface area contributed by atoms with Gasteiger partial charge in [-0.25, -0.2) is 0 Å². The van der Waals surface area contributed by atoms with Crippen LogP contribution >= 0.6 is 12.2 Å². The van der Waals surface area contributed by atoms with Gasteiger partial charge in [0, 0.05) is 37.2 Å². The number of hydrogen-bond acceptors (Lipinski definition) is 4. The molecule has 2 N–H and O–H groups in total. The molecule has 0 saturated carbocycles. The number of morpholine rings is 1. The van der Waals surface area contributed by atoms with Gasteiger partial charge < -0.3 is 25.2 Å². The van der Waals surface area contributed by atoms with Crippen LogP contribution in [0, 0.1) is 13.8 Å². The van der Waals surface area contributed by atoms with E-state index in [1.165, 1.54) is 11.1 Å². The SMILES string of the molecule is Cc1ccc(NC(=S)N(C)CC(=O)Nc2ccc(N3CCOCC3)cc2)cc1C. The summed E-state index contributed by atoms with van der Waals surface area (Å²) in [6.45, 7) is 7.58. The van der Waals surface area contributed by atoms with E-state index in [1.807, 2.05) is 42.5 Å². The molecule has 1 fully saturated rings. The lowest BCUT2D eigenvalue weighted by Crippen LogP contribution is -2.37. The Hall–Kier alpha value is -2.64. The van der Waals surface area contributed by atoms with Gasteiger partial charge in [0.25, 0.3) is 0 Å². The normalized spacial score (nSPS) is 13.7. The fourth-order valence-electron chi connectivity index (χ4n) is 3.10. The molecule has 2 aromatic carbocycles. The Balaban J connectivity index is 1.50. The molecule has 7 heteroatoms. The molecule has 0 atom stereocenters. The Morgan fingerprint density at radius 1 is 1.03 bits per heavy atom. The largest absolute Gasteiger partial charge is 0.378 e. The van der Waals surface area contributed by atoms with E-state index in [2.05, 4.69) is 29.4 Å². The Labute approximate surface area is 177 Å². The molecule has 2 aromatic rings. The van der Waals surface area contributed by atoms with Crippen LogP contribution in [0.15, 0.2) is 42.5 Å². The van der Waals surface area contributed by atoms with Crippen LogP contribution in [0.2, 0.25) is 0 Å². The molecule has 154 valence electrons. The van der Waals surface area contributed by atoms with Gasteiger partial charge in [-0.1, -0.05) is 6.07 Å². The summed E-state index contributed by atoms with van der Waals surface area (Å²) in [5.74, 6) is -0.115. The first-order valence-electron chi connectivity index (χ1n) is 9.74. The highest BCUT2D eigenvalue weighted by Gasteiger charge is 2.13. The zero-order valence-corrected chi connectivity index (χ0v) is 18.0. The van der Waals surface area contributed by atoms with E-state index >= 15 is 0 Å². The van der Waals surface area contributed by atoms with Crippen molar-refractivity contribution < 1.29 is 9.53 Å². The van der Waals surface area contributed by atoms with Crippen LogP contribution < -0.4 is 15.5 Å². The third-order valence-electron chi connectivity index (χ3n) is 5.01. The molecule has 0 aliphatic carbocycles. The molecule has 0 bridgehead atoms. The average molecular weight is 413 g/mol. The summed E-state index contributed by atoms with van der Waals surface area (Å²) in [6.07, 6.45) is 0. The monoisotopic (exact) mass is 412 g/mol. The van der Waals surface area contributed by atoms with E-state index in [0.29, 0.717) is 5.11 Å². The molecule has 1 amide bonds. The Morgan fingerprint density at radius 3 is 2.34 bits per heavy atom. The summed E-state index contributed by atoms with van der Waals surface area (Å²) in [7, 11) is 1.80. The van der Waals surface area contributed by atoms with Crippen molar-refractivity contribution in [3.05, 3.63) is 53.6 Å². The van der Waals surface area contributed by atoms with Gasteiger partial charge in [0.1, 0.15) is 0 Å². The van der Waals surface area contributed by atoms with Crippen LogP contribution in [-0.2, 0) is 9.53 Å². The standard InChI is InChI=1S/C22H28N4O2S/c1-16-4-5-19(14-17(16)2)24-22(29)25(3)15-21(27)23-18-6-8-20(9-7-18)26-10-12-28-13-11-26/h4-9,14H,10-13,15H2,1-3H3,(H,23,27)(H,24,29). The Morgan fingerprint density at radius 2 is 1.69 bits per heavy atom. The molecule has 1 aliphatic heterocycles. The van der Waals surface area contributed by atoms with E-state index in [0.717, 1.165) is 43.4 Å². The maximum absolute atomic E-state index is 12.4. The highest BCUT2D eigenvalue weighted by Crippen LogP contribution is 2.19. The number of aryl methyl sites for hydroxylation is 2. The lowest BCUT2D eigenvalue weighted by atomic mass is 10.1. The molecule has 1 aliphatic rings. The van der Waals surface area contributed by atoms with Crippen molar-refractivity contribution in [3.63, 3.8) is 0 Å². The second-order valence-electron chi connectivity index (χ2n) is 7.28. The van der Waals surface area contributed by atoms with Crippen molar-refractivity contribution in [1.82, 2.24) is 4.90 Å². The number of rotatable bonds is 5. The van der Waals surface area contributed by atoms with Crippen LogP contribution in [0.4, 0.5) is 17.1 Å². The van der Waals surface area contributed by atoms with Gasteiger partial charge in [0.15, 0.2) is 5.11 Å². The second kappa shape index (κ2) is 9.71. The molecule has 0 aromatic heterocycles. The van der Waals surface area contributed by atoms with Crippen molar-refractivity contribution in [2.75, 3.05) is 55.4 Å². The number of hydrogen-bond donors (Lipinski definition) is 2. The summed E-state index contributed by atoms with van der Waals surface area (Å²) >= 11 is 5.43. The number of nitrogens with zero attached hydrogens (tertiary/aromatic N) is 2. The molecule has 0 radical (unpaired) electrons. The average Bonchev–Trinajstić information content (AvgIpc) is 2.72. The van der Waals surface area contributed by atoms with Crippen molar-refractivity contribution in [2.45, 2.75) is 13.8 Å². The number of likely N-dealkylation sites (N-methyl/N-ethyl adjacent to an activating group) is 1. The minimum atomic E-state index is -0.115. The van der Waals surface area contributed by atoms with Crippen LogP contribution in [0.1, 0.15) is 11.1 Å². The van der Waals surface area contributed by atoms with Gasteiger partial charge in [-0.05, 0) is 73.6 Å². The van der Waals surface area contributed by atoms with E-state index in [4.69, 9.17) is 17.0 Å². The Bertz CT molecular complexity index is 864. The third-order valence-corrected chi connectivity index (χ3v) is 5.43. The molecule has 0 spiro atoms. The number of carbonyl (C=O) groups excluding carboxylic acids is 1. The van der Waals surface area contributed by atoms with E-state index < -0.39 is 0 Å². The maximum atomic E-state index is 12.4. The van der Waals surface area contributed by atoms with Gasteiger partial charge in [-0.2, -0.15) is 0 Å². The number of ether oxygens (including phenoxy) is 1. The predicted molar refractivity (Wildman–Crippen MR) is 123 cm³/mol. The van der Waals surface area contributed by atoms with Gasteiger partial charge in [-0.3, -0.25) is 4.79 Å². The number of benzene rings is 2. The summed E-state index contributed by atoms with van der Waals surface area (Å²) in [4.78, 5) is 16.4. The van der Waals surface area contributed by atoms with Crippen molar-refractivity contribution in [2.24, 2.45) is 0 Å². The first kappa shape index (κ1) is 21.1. The zero-order valence-electron chi connectivity index (χ0n) is 17.2. The smallest absolute Gasteiger partial charge is 0.243 e. The van der Waals surface area contributed by atoms with E-state index in [-0.39, 0.29) is 12.5 Å². The summed E-state index contributed by atoms with van der Waals surface area (Å²) in [6, 6.07) is 14.0. The third kappa shape index (κ3) is 5.92. The van der Waals surface area contributed by atoms with Crippen LogP contribution in [-0.4, -0.2) is 55.8 Å². The van der Waals surface area contributed by atoms with Crippen molar-refractivity contribution >= 4 is 40.3 Å². The van der Waals surface area contributed by atoms with Gasteiger partial charge in [0.2, 0.25) is 5.91 Å². The first-order chi connectivity index (χ1) is 13.9. The molecule has 6 nitrogen and oxygen atoms in total. The summed E-state index contributed by atoms with van der Waals surface area (Å²) < 4.78 is 5.38. The van der Waals surface area contributed by atoms with Gasteiger partial charge in [0.05, 0.1) is 19.8 Å². The van der Waals surface area contributed by atoms with Crippen LogP contribution in [0.3, 0.4) is 0 Å². The molecule has 29 heavy (non-hydrogen) atoms. The maximum Gasteiger partial charge on any atom is 0.243 e. The fourth-order valence-corrected chi connectivity index (χ4v) is 3.29. The number of carbonyl (C=O) groups is 1. The Kier molecular flexibility index (Phi) is 7.06. The van der Waals surface area contributed by atoms with Crippen molar-refractivity contribution in [1.29, 1.82) is 0 Å². The van der Waals surface area contributed by atoms with E-state index in [1.54, 1.807) is 11.9 Å². The van der Waals surface area contributed by atoms with Gasteiger partial charge >= 0.3 is 0 Å². The summed E-state index contributed by atoms with van der Waals surface area (Å²) in [5.41, 5.74) is 5.26. The predicted octanol–water partition coefficient (Wildman–Crippen LogP) is 3.41. The molecule has 1 saturated heterocycles. The molecule has 1 heterocycles. The van der Waals surface area contributed by atoms with E-state index in [9.17, 15) is 4.79 Å². The molecular weight excluding hydrogens is 384 g/mol. The highest BCUT2D eigenvalue weighted by molar-refractivity contribution is 7.80. The number of thiocarbonyl (C=S) groups is 1. The van der Waals surface area contributed by atoms with Gasteiger partial charge in [-0.15, -0.1) is 0 Å². The van der Waals surface area contributed by atoms with Crippen LogP contribution in [0.5, 0.6) is 0 Å². The fraction of sp³-hybridized carbons (Fsp3) is 0.364. The second-order valence-corrected chi connectivity index (χ2v) is 7.67. The lowest BCUT2D eigenvalue weighted by Gasteiger charge is -2.29. The minimum absolute atomic E-state index is 0.115. The molecule has 0 unspecified atom stereocenters. The number of anilines is 3. The van der Waals surface area contributed by atoms with Crippen molar-refractivity contribution in [3.8, 4) is 0 Å². The molecular formula is C22H28N4O2S. The first-order valence-corrected chi connectivity index (χ1v) is 10.1. The lowest BCUT2D eigenvalue weighted by molar-refractivity contribution is -0.116. The molecule has 3 rings (SSSR count). The minimum Gasteiger partial charge on any atom is -0.378 e.